The SMILES string of the molecule is CC(C)CC1(O)CCN(C(=O)c2ccc(NS(=O)(=O)c3cccc4nccnc34)cc2)CC1. The number of piperidine rings is 1. The predicted octanol–water partition coefficient (Wildman–Crippen LogP) is 3.44. The van der Waals surface area contributed by atoms with Gasteiger partial charge in [-0.05, 0) is 61.6 Å². The van der Waals surface area contributed by atoms with E-state index in [-0.39, 0.29) is 10.8 Å². The lowest BCUT2D eigenvalue weighted by molar-refractivity contribution is -0.0311. The van der Waals surface area contributed by atoms with Gasteiger partial charge in [-0.1, -0.05) is 19.9 Å². The minimum absolute atomic E-state index is 0.0375. The summed E-state index contributed by atoms with van der Waals surface area (Å²) in [6.07, 6.45) is 4.80. The number of hydrogen-bond acceptors (Lipinski definition) is 6. The lowest BCUT2D eigenvalue weighted by atomic mass is 9.84. The van der Waals surface area contributed by atoms with Gasteiger partial charge in [-0.3, -0.25) is 19.5 Å². The average molecular weight is 469 g/mol. The van der Waals surface area contributed by atoms with E-state index in [1.54, 1.807) is 41.3 Å². The summed E-state index contributed by atoms with van der Waals surface area (Å²) in [6, 6.07) is 11.2. The van der Waals surface area contributed by atoms with Crippen molar-refractivity contribution in [1.82, 2.24) is 14.9 Å². The van der Waals surface area contributed by atoms with Crippen molar-refractivity contribution in [1.29, 1.82) is 0 Å². The quantitative estimate of drug-likeness (QED) is 0.573. The molecule has 0 saturated carbocycles. The molecule has 0 radical (unpaired) electrons. The highest BCUT2D eigenvalue weighted by Gasteiger charge is 2.34. The molecule has 1 aliphatic rings. The first-order valence-corrected chi connectivity index (χ1v) is 12.5. The molecule has 1 saturated heterocycles. The van der Waals surface area contributed by atoms with Gasteiger partial charge in [0, 0.05) is 36.7 Å². The molecule has 1 aliphatic heterocycles. The molecule has 8 nitrogen and oxygen atoms in total. The van der Waals surface area contributed by atoms with Gasteiger partial charge in [0.15, 0.2) is 0 Å². The maximum absolute atomic E-state index is 12.9. The molecule has 1 amide bonds. The van der Waals surface area contributed by atoms with Crippen molar-refractivity contribution in [3.8, 4) is 0 Å². The number of aromatic nitrogens is 2. The molecule has 2 heterocycles. The van der Waals surface area contributed by atoms with Crippen LogP contribution in [0, 0.1) is 5.92 Å². The molecule has 4 rings (SSSR count). The Hall–Kier alpha value is -3.04. The molecule has 0 atom stereocenters. The molecule has 2 N–H and O–H groups in total. The summed E-state index contributed by atoms with van der Waals surface area (Å²) in [5.74, 6) is 0.273. The van der Waals surface area contributed by atoms with Gasteiger partial charge in [-0.25, -0.2) is 8.42 Å². The third kappa shape index (κ3) is 5.15. The van der Waals surface area contributed by atoms with Crippen LogP contribution in [0.2, 0.25) is 0 Å². The summed E-state index contributed by atoms with van der Waals surface area (Å²) < 4.78 is 28.4. The highest BCUT2D eigenvalue weighted by molar-refractivity contribution is 7.93. The normalized spacial score (nSPS) is 16.2. The summed E-state index contributed by atoms with van der Waals surface area (Å²) in [5, 5.41) is 10.7. The number of para-hydroxylation sites is 1. The fraction of sp³-hybridized carbons (Fsp3) is 0.375. The van der Waals surface area contributed by atoms with Crippen LogP contribution in [-0.2, 0) is 10.0 Å². The molecule has 0 aliphatic carbocycles. The van der Waals surface area contributed by atoms with Crippen molar-refractivity contribution in [3.63, 3.8) is 0 Å². The summed E-state index contributed by atoms with van der Waals surface area (Å²) >= 11 is 0. The minimum atomic E-state index is -3.89. The summed E-state index contributed by atoms with van der Waals surface area (Å²) in [7, 11) is -3.89. The molecule has 9 heteroatoms. The minimum Gasteiger partial charge on any atom is -0.390 e. The second-order valence-corrected chi connectivity index (χ2v) is 10.6. The summed E-state index contributed by atoms with van der Waals surface area (Å²) in [5.41, 5.74) is 0.893. The number of sulfonamides is 1. The first-order valence-electron chi connectivity index (χ1n) is 11.0. The van der Waals surface area contributed by atoms with E-state index in [9.17, 15) is 18.3 Å². The Labute approximate surface area is 193 Å². The summed E-state index contributed by atoms with van der Waals surface area (Å²) in [4.78, 5) is 23.0. The summed E-state index contributed by atoms with van der Waals surface area (Å²) in [6.45, 7) is 5.16. The molecule has 0 bridgehead atoms. The molecule has 0 unspecified atom stereocenters. The van der Waals surface area contributed by atoms with Gasteiger partial charge in [-0.15, -0.1) is 0 Å². The second-order valence-electron chi connectivity index (χ2n) is 8.98. The Morgan fingerprint density at radius 3 is 2.42 bits per heavy atom. The second kappa shape index (κ2) is 9.07. The third-order valence-corrected chi connectivity index (χ3v) is 7.32. The lowest BCUT2D eigenvalue weighted by Crippen LogP contribution is -2.47. The fourth-order valence-electron chi connectivity index (χ4n) is 4.35. The number of anilines is 1. The number of nitrogens with one attached hydrogen (secondary N) is 1. The van der Waals surface area contributed by atoms with Crippen LogP contribution in [0.3, 0.4) is 0 Å². The molecule has 2 aromatic carbocycles. The Morgan fingerprint density at radius 2 is 1.76 bits per heavy atom. The molecule has 33 heavy (non-hydrogen) atoms. The van der Waals surface area contributed by atoms with Crippen molar-refractivity contribution in [2.45, 2.75) is 43.6 Å². The van der Waals surface area contributed by atoms with Gasteiger partial charge in [0.1, 0.15) is 10.4 Å². The van der Waals surface area contributed by atoms with Crippen molar-refractivity contribution in [2.75, 3.05) is 17.8 Å². The number of aliphatic hydroxyl groups is 1. The fourth-order valence-corrected chi connectivity index (χ4v) is 5.57. The van der Waals surface area contributed by atoms with E-state index < -0.39 is 15.6 Å². The Kier molecular flexibility index (Phi) is 6.36. The molecule has 174 valence electrons. The van der Waals surface area contributed by atoms with Gasteiger partial charge in [0.25, 0.3) is 15.9 Å². The number of carbonyl (C=O) groups is 1. The van der Waals surface area contributed by atoms with E-state index in [2.05, 4.69) is 28.5 Å². The van der Waals surface area contributed by atoms with Crippen LogP contribution < -0.4 is 4.72 Å². The van der Waals surface area contributed by atoms with E-state index in [0.717, 1.165) is 6.42 Å². The number of rotatable bonds is 6. The van der Waals surface area contributed by atoms with Crippen LogP contribution >= 0.6 is 0 Å². The van der Waals surface area contributed by atoms with E-state index >= 15 is 0 Å². The van der Waals surface area contributed by atoms with Gasteiger partial charge < -0.3 is 10.0 Å². The lowest BCUT2D eigenvalue weighted by Gasteiger charge is -2.39. The zero-order valence-corrected chi connectivity index (χ0v) is 19.5. The standard InChI is InChI=1S/C24H28N4O4S/c1-17(2)16-24(30)10-14-28(15-11-24)23(29)18-6-8-19(9-7-18)27-33(31,32)21-5-3-4-20-22(21)26-13-12-25-20/h3-9,12-13,17,27,30H,10-11,14-16H2,1-2H3. The number of amides is 1. The van der Waals surface area contributed by atoms with Crippen LogP contribution in [0.1, 0.15) is 43.5 Å². The number of likely N-dealkylation sites (tertiary alicyclic amines) is 1. The first-order chi connectivity index (χ1) is 15.7. The van der Waals surface area contributed by atoms with Crippen LogP contribution in [-0.4, -0.2) is 53.0 Å². The smallest absolute Gasteiger partial charge is 0.264 e. The third-order valence-electron chi connectivity index (χ3n) is 5.90. The van der Waals surface area contributed by atoms with Crippen LogP contribution in [0.5, 0.6) is 0 Å². The molecule has 1 aromatic heterocycles. The number of hydrogen-bond donors (Lipinski definition) is 2. The van der Waals surface area contributed by atoms with Crippen LogP contribution in [0.25, 0.3) is 11.0 Å². The van der Waals surface area contributed by atoms with Gasteiger partial charge >= 0.3 is 0 Å². The Bertz CT molecular complexity index is 1250. The topological polar surface area (TPSA) is 112 Å². The van der Waals surface area contributed by atoms with Crippen molar-refractivity contribution >= 4 is 32.7 Å². The van der Waals surface area contributed by atoms with Crippen molar-refractivity contribution < 1.29 is 18.3 Å². The maximum Gasteiger partial charge on any atom is 0.264 e. The van der Waals surface area contributed by atoms with Crippen LogP contribution in [0.4, 0.5) is 5.69 Å². The van der Waals surface area contributed by atoms with Crippen LogP contribution in [0.15, 0.2) is 59.8 Å². The highest BCUT2D eigenvalue weighted by atomic mass is 32.2. The van der Waals surface area contributed by atoms with E-state index in [1.807, 2.05) is 0 Å². The number of benzene rings is 2. The molecule has 0 spiro atoms. The van der Waals surface area contributed by atoms with E-state index in [1.165, 1.54) is 18.5 Å². The monoisotopic (exact) mass is 468 g/mol. The zero-order chi connectivity index (χ0) is 23.6. The van der Waals surface area contributed by atoms with E-state index in [0.29, 0.717) is 54.1 Å². The molecular weight excluding hydrogens is 440 g/mol. The number of nitrogens with zero attached hydrogens (tertiary/aromatic N) is 3. The van der Waals surface area contributed by atoms with E-state index in [4.69, 9.17) is 0 Å². The average Bonchev–Trinajstić information content (AvgIpc) is 2.78. The van der Waals surface area contributed by atoms with Gasteiger partial charge in [-0.2, -0.15) is 0 Å². The highest BCUT2D eigenvalue weighted by Crippen LogP contribution is 2.30. The van der Waals surface area contributed by atoms with Crippen molar-refractivity contribution in [3.05, 3.63) is 60.4 Å². The molecular formula is C24H28N4O4S. The first kappa shape index (κ1) is 23.1. The maximum atomic E-state index is 12.9. The largest absolute Gasteiger partial charge is 0.390 e. The predicted molar refractivity (Wildman–Crippen MR) is 126 cm³/mol. The number of fused-ring (bicyclic) bond motifs is 1. The zero-order valence-electron chi connectivity index (χ0n) is 18.7. The molecule has 1 fully saturated rings. The Morgan fingerprint density at radius 1 is 1.09 bits per heavy atom. The van der Waals surface area contributed by atoms with Crippen molar-refractivity contribution in [2.24, 2.45) is 5.92 Å². The molecule has 3 aromatic rings. The Balaban J connectivity index is 1.45. The van der Waals surface area contributed by atoms with Gasteiger partial charge in [0.2, 0.25) is 0 Å². The number of carbonyl (C=O) groups excluding carboxylic acids is 1. The van der Waals surface area contributed by atoms with Gasteiger partial charge in [0.05, 0.1) is 11.1 Å².